The minimum absolute atomic E-state index is 0.0174. The van der Waals surface area contributed by atoms with E-state index >= 15 is 0 Å². The van der Waals surface area contributed by atoms with Crippen molar-refractivity contribution in [2.24, 2.45) is 0 Å². The zero-order valence-electron chi connectivity index (χ0n) is 14.0. The molecule has 0 unspecified atom stereocenters. The van der Waals surface area contributed by atoms with Crippen LogP contribution in [-0.2, 0) is 13.0 Å². The molecule has 0 N–H and O–H groups in total. The van der Waals surface area contributed by atoms with Crippen molar-refractivity contribution in [1.82, 2.24) is 0 Å². The topological polar surface area (TPSA) is 35.5 Å². The molecule has 20 heavy (non-hydrogen) atoms. The van der Waals surface area contributed by atoms with Gasteiger partial charge in [-0.3, -0.25) is 4.57 Å². The van der Waals surface area contributed by atoms with E-state index in [-0.39, 0.29) is 5.62 Å². The van der Waals surface area contributed by atoms with Gasteiger partial charge in [-0.05, 0) is 36.3 Å². The molecule has 0 fully saturated rings. The fourth-order valence-corrected chi connectivity index (χ4v) is 15.1. The molecule has 0 heterocycles. The first kappa shape index (κ1) is 20.9. The highest BCUT2D eigenvalue weighted by atomic mass is 35.5. The van der Waals surface area contributed by atoms with E-state index in [1.54, 1.807) is 0 Å². The van der Waals surface area contributed by atoms with E-state index in [0.717, 1.165) is 36.3 Å². The van der Waals surface area contributed by atoms with E-state index in [9.17, 15) is 4.57 Å². The van der Waals surface area contributed by atoms with Crippen LogP contribution in [0.5, 0.6) is 0 Å². The van der Waals surface area contributed by atoms with Gasteiger partial charge in [-0.15, -0.1) is 11.6 Å². The minimum atomic E-state index is -3.15. The van der Waals surface area contributed by atoms with E-state index in [0.29, 0.717) is 0 Å². The molecule has 0 aromatic heterocycles. The Morgan fingerprint density at radius 1 is 0.750 bits per heavy atom. The lowest BCUT2D eigenvalue weighted by Crippen LogP contribution is -2.39. The maximum atomic E-state index is 13.1. The van der Waals surface area contributed by atoms with Gasteiger partial charge < -0.3 is 8.43 Å². The SMILES string of the molecule is CC[Si](CC)(CC)OP(=O)(CCl)O[Si](CC)(CC)CC. The highest BCUT2D eigenvalue weighted by Crippen LogP contribution is 2.56. The summed E-state index contributed by atoms with van der Waals surface area (Å²) in [4.78, 5) is 0. The number of hydrogen-bond acceptors (Lipinski definition) is 3. The Morgan fingerprint density at radius 3 is 1.15 bits per heavy atom. The number of alkyl halides is 1. The molecular formula is C13H32ClO3PSi2. The van der Waals surface area contributed by atoms with Crippen molar-refractivity contribution < 1.29 is 13.0 Å². The summed E-state index contributed by atoms with van der Waals surface area (Å²) in [7, 11) is -7.08. The first-order valence-corrected chi connectivity index (χ1v) is 15.2. The molecule has 122 valence electrons. The van der Waals surface area contributed by atoms with Gasteiger partial charge in [0.25, 0.3) is 0 Å². The Hall–Kier alpha value is 0.874. The van der Waals surface area contributed by atoms with Crippen LogP contribution in [0.25, 0.3) is 0 Å². The highest BCUT2D eigenvalue weighted by molar-refractivity contribution is 7.58. The van der Waals surface area contributed by atoms with Gasteiger partial charge in [-0.2, -0.15) is 0 Å². The van der Waals surface area contributed by atoms with Gasteiger partial charge in [-0.1, -0.05) is 41.5 Å². The fourth-order valence-electron chi connectivity index (χ4n) is 2.54. The molecule has 0 saturated heterocycles. The van der Waals surface area contributed by atoms with E-state index < -0.39 is 24.2 Å². The molecule has 0 aliphatic heterocycles. The highest BCUT2D eigenvalue weighted by Gasteiger charge is 2.43. The van der Waals surface area contributed by atoms with Crippen LogP contribution >= 0.6 is 19.2 Å². The van der Waals surface area contributed by atoms with Gasteiger partial charge in [0.1, 0.15) is 5.62 Å². The van der Waals surface area contributed by atoms with E-state index in [4.69, 9.17) is 20.0 Å². The zero-order chi connectivity index (χ0) is 15.9. The summed E-state index contributed by atoms with van der Waals surface area (Å²) in [6, 6.07) is 5.77. The Morgan fingerprint density at radius 2 is 1.00 bits per heavy atom. The molecule has 0 spiro atoms. The van der Waals surface area contributed by atoms with Crippen molar-refractivity contribution in [2.75, 3.05) is 5.62 Å². The molecule has 0 bridgehead atoms. The Bertz CT molecular complexity index is 278. The van der Waals surface area contributed by atoms with Gasteiger partial charge in [0, 0.05) is 0 Å². The Kier molecular flexibility index (Phi) is 9.51. The third-order valence-electron chi connectivity index (χ3n) is 4.68. The molecule has 0 amide bonds. The second-order valence-corrected chi connectivity index (χ2v) is 18.0. The number of rotatable bonds is 11. The smallest absolute Gasteiger partial charge is 0.326 e. The lowest BCUT2D eigenvalue weighted by Gasteiger charge is -2.37. The van der Waals surface area contributed by atoms with Crippen LogP contribution in [0.15, 0.2) is 0 Å². The molecular weight excluding hydrogens is 327 g/mol. The second kappa shape index (κ2) is 9.11. The molecule has 3 nitrogen and oxygen atoms in total. The largest absolute Gasteiger partial charge is 0.350 e. The maximum absolute atomic E-state index is 13.1. The van der Waals surface area contributed by atoms with Gasteiger partial charge in [0.2, 0.25) is 16.6 Å². The van der Waals surface area contributed by atoms with Crippen LogP contribution in [-0.4, -0.2) is 22.3 Å². The van der Waals surface area contributed by atoms with Crippen molar-refractivity contribution >= 4 is 35.8 Å². The predicted octanol–water partition coefficient (Wildman–Crippen LogP) is 6.42. The number of halogens is 1. The quantitative estimate of drug-likeness (QED) is 0.243. The zero-order valence-corrected chi connectivity index (χ0v) is 17.7. The minimum Gasteiger partial charge on any atom is -0.350 e. The summed E-state index contributed by atoms with van der Waals surface area (Å²) >= 11 is 5.99. The average molecular weight is 359 g/mol. The van der Waals surface area contributed by atoms with Crippen molar-refractivity contribution in [3.63, 3.8) is 0 Å². The van der Waals surface area contributed by atoms with Gasteiger partial charge >= 0.3 is 7.60 Å². The first-order valence-electron chi connectivity index (χ1n) is 7.90. The summed E-state index contributed by atoms with van der Waals surface area (Å²) in [5.41, 5.74) is -0.0174. The molecule has 0 saturated carbocycles. The summed E-state index contributed by atoms with van der Waals surface area (Å²) in [6.07, 6.45) is 0. The second-order valence-electron chi connectivity index (χ2n) is 5.40. The van der Waals surface area contributed by atoms with Crippen LogP contribution in [0.2, 0.25) is 36.3 Å². The van der Waals surface area contributed by atoms with Crippen LogP contribution < -0.4 is 0 Å². The molecule has 0 atom stereocenters. The predicted molar refractivity (Wildman–Crippen MR) is 94.9 cm³/mol. The maximum Gasteiger partial charge on any atom is 0.326 e. The Balaban J connectivity index is 5.25. The summed E-state index contributed by atoms with van der Waals surface area (Å²) in [6.45, 7) is 12.8. The molecule has 0 aliphatic rings. The van der Waals surface area contributed by atoms with Crippen molar-refractivity contribution in [1.29, 1.82) is 0 Å². The van der Waals surface area contributed by atoms with E-state index in [1.165, 1.54) is 0 Å². The first-order chi connectivity index (χ1) is 9.34. The van der Waals surface area contributed by atoms with Crippen LogP contribution in [0, 0.1) is 0 Å². The average Bonchev–Trinajstić information content (AvgIpc) is 2.51. The standard InChI is InChI=1S/C13H32ClO3PSi2/c1-7-19(8-2,9-3)16-18(15,13-14)17-20(10-4,11-5)12-6/h7-13H2,1-6H3. The van der Waals surface area contributed by atoms with Gasteiger partial charge in [0.05, 0.1) is 0 Å². The van der Waals surface area contributed by atoms with E-state index in [2.05, 4.69) is 41.5 Å². The lowest BCUT2D eigenvalue weighted by atomic mass is 10.9. The van der Waals surface area contributed by atoms with Crippen LogP contribution in [0.4, 0.5) is 0 Å². The summed E-state index contributed by atoms with van der Waals surface area (Å²) < 4.78 is 25.4. The fraction of sp³-hybridized carbons (Fsp3) is 1.00. The molecule has 7 heteroatoms. The monoisotopic (exact) mass is 358 g/mol. The van der Waals surface area contributed by atoms with Crippen molar-refractivity contribution in [2.45, 2.75) is 77.8 Å². The van der Waals surface area contributed by atoms with Crippen LogP contribution in [0.3, 0.4) is 0 Å². The van der Waals surface area contributed by atoms with E-state index in [1.807, 2.05) is 0 Å². The third-order valence-corrected chi connectivity index (χ3v) is 18.9. The third kappa shape index (κ3) is 5.25. The molecule has 0 aromatic rings. The molecule has 0 radical (unpaired) electrons. The molecule has 0 rings (SSSR count). The summed E-state index contributed by atoms with van der Waals surface area (Å²) in [5, 5.41) is 0. The number of hydrogen-bond donors (Lipinski definition) is 0. The van der Waals surface area contributed by atoms with Gasteiger partial charge in [0.15, 0.2) is 0 Å². The molecule has 0 aromatic carbocycles. The van der Waals surface area contributed by atoms with Crippen molar-refractivity contribution in [3.8, 4) is 0 Å². The lowest BCUT2D eigenvalue weighted by molar-refractivity contribution is 0.376. The molecule has 0 aliphatic carbocycles. The van der Waals surface area contributed by atoms with Crippen molar-refractivity contribution in [3.05, 3.63) is 0 Å². The normalized spacial score (nSPS) is 13.8. The Labute approximate surface area is 132 Å². The van der Waals surface area contributed by atoms with Gasteiger partial charge in [-0.25, -0.2) is 0 Å². The van der Waals surface area contributed by atoms with Crippen LogP contribution in [0.1, 0.15) is 41.5 Å². The summed E-state index contributed by atoms with van der Waals surface area (Å²) in [5.74, 6) is 0.